The molecule has 136 valence electrons. The second kappa shape index (κ2) is 7.52. The van der Waals surface area contributed by atoms with Gasteiger partial charge in [0.25, 0.3) is 0 Å². The van der Waals surface area contributed by atoms with Gasteiger partial charge in [-0.2, -0.15) is 0 Å². The third-order valence-corrected chi connectivity index (χ3v) is 6.73. The fraction of sp³-hybridized carbons (Fsp3) is 0.250. The van der Waals surface area contributed by atoms with Gasteiger partial charge in [-0.05, 0) is 61.9 Å². The molecule has 0 atom stereocenters. The van der Waals surface area contributed by atoms with Crippen LogP contribution in [0.3, 0.4) is 0 Å². The van der Waals surface area contributed by atoms with Crippen molar-refractivity contribution in [2.75, 3.05) is 19.3 Å². The summed E-state index contributed by atoms with van der Waals surface area (Å²) in [4.78, 5) is 0.0770. The van der Waals surface area contributed by atoms with Gasteiger partial charge >= 0.3 is 0 Å². The van der Waals surface area contributed by atoms with E-state index in [1.807, 2.05) is 12.1 Å². The largest absolute Gasteiger partial charge is 0.399 e. The smallest absolute Gasteiger partial charge is 0.240 e. The summed E-state index contributed by atoms with van der Waals surface area (Å²) in [7, 11) is -6.04. The average Bonchev–Trinajstić information content (AvgIpc) is 2.56. The lowest BCUT2D eigenvalue weighted by atomic mass is 10.1. The Balaban J connectivity index is 2.11. The first kappa shape index (κ1) is 19.4. The van der Waals surface area contributed by atoms with E-state index < -0.39 is 20.0 Å². The summed E-state index contributed by atoms with van der Waals surface area (Å²) in [5.74, 6) is 0. The maximum absolute atomic E-state index is 12.4. The van der Waals surface area contributed by atoms with Gasteiger partial charge in [0.05, 0.1) is 9.79 Å². The normalized spacial score (nSPS) is 12.2. The Morgan fingerprint density at radius 3 is 2.16 bits per heavy atom. The fourth-order valence-corrected chi connectivity index (χ4v) is 4.36. The number of anilines is 1. The number of nitrogen functional groups attached to an aromatic ring is 1. The minimum atomic E-state index is -3.72. The van der Waals surface area contributed by atoms with E-state index in [1.165, 1.54) is 25.2 Å². The van der Waals surface area contributed by atoms with E-state index >= 15 is 0 Å². The van der Waals surface area contributed by atoms with Crippen LogP contribution in [0.4, 0.5) is 5.69 Å². The molecule has 2 aromatic carbocycles. The Morgan fingerprint density at radius 1 is 0.960 bits per heavy atom. The van der Waals surface area contributed by atoms with Crippen LogP contribution in [0.25, 0.3) is 0 Å². The Kier molecular flexibility index (Phi) is 5.83. The van der Waals surface area contributed by atoms with E-state index in [0.29, 0.717) is 17.7 Å². The van der Waals surface area contributed by atoms with Crippen LogP contribution in [0.15, 0.2) is 52.3 Å². The molecule has 0 heterocycles. The first-order valence-corrected chi connectivity index (χ1v) is 10.5. The van der Waals surface area contributed by atoms with Crippen LogP contribution < -0.4 is 15.2 Å². The van der Waals surface area contributed by atoms with Crippen LogP contribution in [0.2, 0.25) is 0 Å². The summed E-state index contributed by atoms with van der Waals surface area (Å²) < 4.78 is 53.2. The average molecular weight is 383 g/mol. The number of benzene rings is 2. The van der Waals surface area contributed by atoms with Gasteiger partial charge in [-0.15, -0.1) is 0 Å². The number of nitrogens with two attached hydrogens (primary N) is 1. The van der Waals surface area contributed by atoms with Crippen molar-refractivity contribution in [1.82, 2.24) is 9.44 Å². The third-order valence-electron chi connectivity index (χ3n) is 3.70. The van der Waals surface area contributed by atoms with Gasteiger partial charge in [0.1, 0.15) is 0 Å². The molecule has 9 heteroatoms. The highest BCUT2D eigenvalue weighted by molar-refractivity contribution is 7.90. The van der Waals surface area contributed by atoms with Crippen LogP contribution in [-0.4, -0.2) is 30.4 Å². The topological polar surface area (TPSA) is 118 Å². The van der Waals surface area contributed by atoms with Crippen molar-refractivity contribution in [3.8, 4) is 0 Å². The lowest BCUT2D eigenvalue weighted by molar-refractivity contribution is 0.579. The number of rotatable bonds is 7. The highest BCUT2D eigenvalue weighted by Gasteiger charge is 2.19. The molecule has 7 nitrogen and oxygen atoms in total. The molecule has 0 bridgehead atoms. The van der Waals surface area contributed by atoms with Gasteiger partial charge < -0.3 is 5.73 Å². The zero-order valence-electron chi connectivity index (χ0n) is 14.0. The minimum Gasteiger partial charge on any atom is -0.399 e. The number of hydrogen-bond acceptors (Lipinski definition) is 5. The second-order valence-electron chi connectivity index (χ2n) is 5.52. The molecule has 25 heavy (non-hydrogen) atoms. The van der Waals surface area contributed by atoms with Crippen LogP contribution >= 0.6 is 0 Å². The predicted molar refractivity (Wildman–Crippen MR) is 97.2 cm³/mol. The summed E-state index contributed by atoms with van der Waals surface area (Å²) in [6.45, 7) is 1.78. The van der Waals surface area contributed by atoms with E-state index in [0.717, 1.165) is 5.56 Å². The highest BCUT2D eigenvalue weighted by atomic mass is 32.2. The van der Waals surface area contributed by atoms with Gasteiger partial charge in [-0.1, -0.05) is 12.1 Å². The maximum atomic E-state index is 12.4. The second-order valence-corrected chi connectivity index (χ2v) is 9.15. The fourth-order valence-electron chi connectivity index (χ4n) is 2.30. The lowest BCUT2D eigenvalue weighted by Crippen LogP contribution is -2.26. The molecule has 0 unspecified atom stereocenters. The van der Waals surface area contributed by atoms with Crippen molar-refractivity contribution in [3.63, 3.8) is 0 Å². The molecular formula is C16H21N3O4S2. The van der Waals surface area contributed by atoms with E-state index in [2.05, 4.69) is 9.44 Å². The first-order chi connectivity index (χ1) is 11.7. The monoisotopic (exact) mass is 383 g/mol. The van der Waals surface area contributed by atoms with Crippen LogP contribution in [0.5, 0.6) is 0 Å². The van der Waals surface area contributed by atoms with Gasteiger partial charge in [0.2, 0.25) is 20.0 Å². The van der Waals surface area contributed by atoms with Gasteiger partial charge in [-0.25, -0.2) is 26.3 Å². The molecule has 0 saturated carbocycles. The van der Waals surface area contributed by atoms with Crippen molar-refractivity contribution in [2.24, 2.45) is 0 Å². The Bertz CT molecular complexity index is 953. The number of hydrogen-bond donors (Lipinski definition) is 3. The number of sulfonamides is 2. The summed E-state index contributed by atoms with van der Waals surface area (Å²) in [6, 6.07) is 11.1. The Morgan fingerprint density at radius 2 is 1.60 bits per heavy atom. The zero-order chi connectivity index (χ0) is 18.7. The van der Waals surface area contributed by atoms with E-state index in [-0.39, 0.29) is 16.3 Å². The quantitative estimate of drug-likeness (QED) is 0.617. The summed E-state index contributed by atoms with van der Waals surface area (Å²) in [5.41, 5.74) is 7.58. The molecule has 4 N–H and O–H groups in total. The van der Waals surface area contributed by atoms with Crippen molar-refractivity contribution in [2.45, 2.75) is 23.1 Å². The van der Waals surface area contributed by atoms with E-state index in [4.69, 9.17) is 5.73 Å². The zero-order valence-corrected chi connectivity index (χ0v) is 15.6. The molecular weight excluding hydrogens is 362 g/mol. The van der Waals surface area contributed by atoms with Gasteiger partial charge in [0.15, 0.2) is 0 Å². The van der Waals surface area contributed by atoms with Crippen LogP contribution in [-0.2, 0) is 26.5 Å². The SMILES string of the molecule is CNS(=O)(=O)c1ccc(S(=O)(=O)NCCc2ccc(N)cc2)cc1C. The molecule has 0 aliphatic carbocycles. The highest BCUT2D eigenvalue weighted by Crippen LogP contribution is 2.19. The van der Waals surface area contributed by atoms with Gasteiger partial charge in [0, 0.05) is 12.2 Å². The van der Waals surface area contributed by atoms with Crippen molar-refractivity contribution in [3.05, 3.63) is 53.6 Å². The number of nitrogens with one attached hydrogen (secondary N) is 2. The van der Waals surface area contributed by atoms with Crippen molar-refractivity contribution in [1.29, 1.82) is 0 Å². The molecule has 0 aliphatic heterocycles. The maximum Gasteiger partial charge on any atom is 0.240 e. The molecule has 0 spiro atoms. The predicted octanol–water partition coefficient (Wildman–Crippen LogP) is 1.01. The molecule has 0 aliphatic rings. The summed E-state index contributed by atoms with van der Waals surface area (Å²) >= 11 is 0. The Hall–Kier alpha value is -1.94. The Labute approximate surface area is 148 Å². The summed E-state index contributed by atoms with van der Waals surface area (Å²) in [6.07, 6.45) is 0.519. The minimum absolute atomic E-state index is 0.0253. The van der Waals surface area contributed by atoms with E-state index in [1.54, 1.807) is 19.1 Å². The molecule has 0 fully saturated rings. The van der Waals surface area contributed by atoms with Crippen molar-refractivity contribution < 1.29 is 16.8 Å². The van der Waals surface area contributed by atoms with E-state index in [9.17, 15) is 16.8 Å². The molecule has 0 radical (unpaired) electrons. The standard InChI is InChI=1S/C16H21N3O4S2/c1-12-11-15(7-8-16(12)25(22,23)18-2)24(20,21)19-10-9-13-3-5-14(17)6-4-13/h3-8,11,18-19H,9-10,17H2,1-2H3. The third kappa shape index (κ3) is 4.79. The van der Waals surface area contributed by atoms with Crippen LogP contribution in [0, 0.1) is 6.92 Å². The molecule has 0 amide bonds. The first-order valence-electron chi connectivity index (χ1n) is 7.54. The molecule has 0 aromatic heterocycles. The lowest BCUT2D eigenvalue weighted by Gasteiger charge is -2.10. The molecule has 2 rings (SSSR count). The molecule has 0 saturated heterocycles. The number of aryl methyl sites for hydroxylation is 1. The van der Waals surface area contributed by atoms with Gasteiger partial charge in [-0.3, -0.25) is 0 Å². The van der Waals surface area contributed by atoms with Crippen molar-refractivity contribution >= 4 is 25.7 Å². The summed E-state index contributed by atoms with van der Waals surface area (Å²) in [5, 5.41) is 0. The van der Waals surface area contributed by atoms with Crippen LogP contribution in [0.1, 0.15) is 11.1 Å². The molecule has 2 aromatic rings.